The summed E-state index contributed by atoms with van der Waals surface area (Å²) >= 11 is 0. The number of nitrogens with zero attached hydrogens (tertiary/aromatic N) is 5. The van der Waals surface area contributed by atoms with Gasteiger partial charge in [-0.05, 0) is 51.0 Å². The number of rotatable bonds is 5. The molecular weight excluding hydrogens is 492 g/mol. The largest absolute Gasteiger partial charge is 0.488 e. The molecule has 6 rings (SSSR count). The molecule has 0 radical (unpaired) electrons. The Kier molecular flexibility index (Phi) is 5.91. The van der Waals surface area contributed by atoms with Gasteiger partial charge in [0.15, 0.2) is 15.6 Å². The fourth-order valence-electron chi connectivity index (χ4n) is 5.45. The Morgan fingerprint density at radius 1 is 1.19 bits per heavy atom. The van der Waals surface area contributed by atoms with E-state index in [9.17, 15) is 8.42 Å². The summed E-state index contributed by atoms with van der Waals surface area (Å²) in [6, 6.07) is 9.65. The van der Waals surface area contributed by atoms with Gasteiger partial charge in [-0.25, -0.2) is 18.8 Å². The third-order valence-electron chi connectivity index (χ3n) is 7.39. The number of hydrazine groups is 1. The normalized spacial score (nSPS) is 20.1. The fourth-order valence-corrected chi connectivity index (χ4v) is 6.78. The third-order valence-corrected chi connectivity index (χ3v) is 9.61. The average molecular weight is 523 g/mol. The topological polar surface area (TPSA) is 115 Å². The Labute approximate surface area is 215 Å². The van der Waals surface area contributed by atoms with Crippen molar-refractivity contribution in [3.63, 3.8) is 0 Å². The van der Waals surface area contributed by atoms with Gasteiger partial charge >= 0.3 is 0 Å². The number of hydrogen-bond donors (Lipinski definition) is 1. The van der Waals surface area contributed by atoms with Crippen LogP contribution in [0.4, 0.5) is 5.95 Å². The fraction of sp³-hybridized carbons (Fsp3) is 0.423. The van der Waals surface area contributed by atoms with E-state index in [0.717, 1.165) is 57.4 Å². The standard InChI is InChI=1S/C26H30N6O4S/c1-4-37(33,34)18-8-7-13-31(28-14-18)26-29-21-11-10-19(23-16(2)30-36-17(23)3)25-24(21)32(26)22(15-35-25)20-9-5-6-12-27-20/h5-6,9-12,18,22,28H,4,7-8,13-15H2,1-3H3/t18?,22-/m1/s1. The van der Waals surface area contributed by atoms with Crippen LogP contribution in [-0.2, 0) is 9.84 Å². The van der Waals surface area contributed by atoms with Crippen molar-refractivity contribution in [1.82, 2.24) is 25.1 Å². The first-order valence-electron chi connectivity index (χ1n) is 12.6. The second-order valence-electron chi connectivity index (χ2n) is 9.60. The van der Waals surface area contributed by atoms with Gasteiger partial charge in [-0.2, -0.15) is 0 Å². The summed E-state index contributed by atoms with van der Waals surface area (Å²) < 4.78 is 39.3. The molecule has 10 nitrogen and oxygen atoms in total. The van der Waals surface area contributed by atoms with Crippen molar-refractivity contribution in [1.29, 1.82) is 0 Å². The zero-order valence-electron chi connectivity index (χ0n) is 21.1. The second-order valence-corrected chi connectivity index (χ2v) is 12.2. The molecule has 2 aliphatic heterocycles. The smallest absolute Gasteiger partial charge is 0.222 e. The Bertz CT molecular complexity index is 1540. The molecule has 0 spiro atoms. The van der Waals surface area contributed by atoms with Crippen molar-refractivity contribution in [3.8, 4) is 16.9 Å². The molecule has 1 N–H and O–H groups in total. The van der Waals surface area contributed by atoms with Gasteiger partial charge in [0.25, 0.3) is 0 Å². The van der Waals surface area contributed by atoms with Crippen LogP contribution >= 0.6 is 0 Å². The summed E-state index contributed by atoms with van der Waals surface area (Å²) in [6.45, 7) is 6.90. The van der Waals surface area contributed by atoms with Crippen LogP contribution < -0.4 is 15.2 Å². The summed E-state index contributed by atoms with van der Waals surface area (Å²) in [5, 5.41) is 5.72. The molecular formula is C26H30N6O4S. The van der Waals surface area contributed by atoms with Gasteiger partial charge in [0.05, 0.1) is 27.7 Å². The Balaban J connectivity index is 1.51. The molecule has 1 unspecified atom stereocenters. The minimum atomic E-state index is -3.14. The maximum absolute atomic E-state index is 12.6. The number of nitrogens with one attached hydrogen (secondary N) is 1. The molecule has 1 saturated heterocycles. The summed E-state index contributed by atoms with van der Waals surface area (Å²) in [5.41, 5.74) is 8.56. The summed E-state index contributed by atoms with van der Waals surface area (Å²) in [6.07, 6.45) is 3.14. The first-order chi connectivity index (χ1) is 17.9. The number of ether oxygens (including phenoxy) is 1. The van der Waals surface area contributed by atoms with Gasteiger partial charge in [0.1, 0.15) is 23.9 Å². The van der Waals surface area contributed by atoms with Gasteiger partial charge in [-0.15, -0.1) is 0 Å². The van der Waals surface area contributed by atoms with Gasteiger partial charge in [-0.3, -0.25) is 14.6 Å². The van der Waals surface area contributed by atoms with Gasteiger partial charge in [0.2, 0.25) is 5.95 Å². The van der Waals surface area contributed by atoms with E-state index in [1.165, 1.54) is 0 Å². The van der Waals surface area contributed by atoms with Crippen LogP contribution in [0.5, 0.6) is 5.75 Å². The minimum Gasteiger partial charge on any atom is -0.488 e. The van der Waals surface area contributed by atoms with Gasteiger partial charge in [-0.1, -0.05) is 18.1 Å². The monoisotopic (exact) mass is 522 g/mol. The van der Waals surface area contributed by atoms with E-state index in [-0.39, 0.29) is 11.8 Å². The molecule has 194 valence electrons. The predicted molar refractivity (Wildman–Crippen MR) is 140 cm³/mol. The number of pyridine rings is 1. The number of hydrogen-bond acceptors (Lipinski definition) is 9. The number of benzene rings is 1. The summed E-state index contributed by atoms with van der Waals surface area (Å²) in [4.78, 5) is 9.66. The number of anilines is 1. The van der Waals surface area contributed by atoms with Crippen molar-refractivity contribution in [2.45, 2.75) is 44.9 Å². The van der Waals surface area contributed by atoms with Crippen LogP contribution in [0.15, 0.2) is 41.1 Å². The second kappa shape index (κ2) is 9.14. The molecule has 1 aromatic carbocycles. The first-order valence-corrected chi connectivity index (χ1v) is 14.3. The molecule has 11 heteroatoms. The van der Waals surface area contributed by atoms with E-state index >= 15 is 0 Å². The third kappa shape index (κ3) is 3.97. The Morgan fingerprint density at radius 3 is 2.78 bits per heavy atom. The van der Waals surface area contributed by atoms with Crippen LogP contribution in [-0.4, -0.2) is 58.8 Å². The molecule has 2 atom stereocenters. The molecule has 0 bridgehead atoms. The van der Waals surface area contributed by atoms with Crippen LogP contribution in [0, 0.1) is 13.8 Å². The highest BCUT2D eigenvalue weighted by Gasteiger charge is 2.35. The summed E-state index contributed by atoms with van der Waals surface area (Å²) in [5.74, 6) is 2.33. The highest BCUT2D eigenvalue weighted by molar-refractivity contribution is 7.92. The zero-order chi connectivity index (χ0) is 25.7. The molecule has 0 saturated carbocycles. The highest BCUT2D eigenvalue weighted by Crippen LogP contribution is 2.45. The van der Waals surface area contributed by atoms with Crippen LogP contribution in [0.1, 0.15) is 43.0 Å². The quantitative estimate of drug-likeness (QED) is 0.420. The van der Waals surface area contributed by atoms with Crippen LogP contribution in [0.3, 0.4) is 0 Å². The number of imidazole rings is 1. The van der Waals surface area contributed by atoms with E-state index in [1.54, 1.807) is 13.1 Å². The zero-order valence-corrected chi connectivity index (χ0v) is 22.0. The number of sulfone groups is 1. The number of aryl methyl sites for hydroxylation is 2. The molecule has 0 amide bonds. The van der Waals surface area contributed by atoms with E-state index in [1.807, 2.05) is 49.2 Å². The Morgan fingerprint density at radius 2 is 2.05 bits per heavy atom. The van der Waals surface area contributed by atoms with Crippen molar-refractivity contribution >= 4 is 26.8 Å². The van der Waals surface area contributed by atoms with E-state index in [4.69, 9.17) is 14.2 Å². The van der Waals surface area contributed by atoms with E-state index in [0.29, 0.717) is 26.1 Å². The Hall–Kier alpha value is -3.44. The lowest BCUT2D eigenvalue weighted by Crippen LogP contribution is -2.44. The lowest BCUT2D eigenvalue weighted by atomic mass is 10.0. The van der Waals surface area contributed by atoms with E-state index < -0.39 is 15.1 Å². The molecule has 4 aromatic rings. The minimum absolute atomic E-state index is 0.144. The van der Waals surface area contributed by atoms with Gasteiger partial charge < -0.3 is 9.26 Å². The van der Waals surface area contributed by atoms with Crippen molar-refractivity contribution < 1.29 is 17.7 Å². The van der Waals surface area contributed by atoms with Crippen molar-refractivity contribution in [2.75, 3.05) is 30.5 Å². The maximum atomic E-state index is 12.6. The maximum Gasteiger partial charge on any atom is 0.222 e. The van der Waals surface area contributed by atoms with Crippen LogP contribution in [0.2, 0.25) is 0 Å². The number of aromatic nitrogens is 4. The average Bonchev–Trinajstić information content (AvgIpc) is 3.34. The lowest BCUT2D eigenvalue weighted by molar-refractivity contribution is 0.257. The lowest BCUT2D eigenvalue weighted by Gasteiger charge is -2.31. The molecule has 2 aliphatic rings. The van der Waals surface area contributed by atoms with Crippen molar-refractivity contribution in [3.05, 3.63) is 53.7 Å². The summed E-state index contributed by atoms with van der Waals surface area (Å²) in [7, 11) is -3.14. The highest BCUT2D eigenvalue weighted by atomic mass is 32.2. The van der Waals surface area contributed by atoms with Crippen LogP contribution in [0.25, 0.3) is 22.2 Å². The van der Waals surface area contributed by atoms with Crippen molar-refractivity contribution in [2.24, 2.45) is 0 Å². The SMILES string of the molecule is CCS(=O)(=O)C1CCCN(c2nc3ccc(-c4c(C)noc4C)c4c3n2[C@@H](c2ccccn2)CO4)NC1. The first kappa shape index (κ1) is 23.9. The molecule has 1 fully saturated rings. The predicted octanol–water partition coefficient (Wildman–Crippen LogP) is 3.59. The van der Waals surface area contributed by atoms with Gasteiger partial charge in [0, 0.05) is 30.6 Å². The molecule has 3 aromatic heterocycles. The molecule has 5 heterocycles. The molecule has 37 heavy (non-hydrogen) atoms. The van der Waals surface area contributed by atoms with E-state index in [2.05, 4.69) is 20.1 Å². The molecule has 0 aliphatic carbocycles.